The lowest BCUT2D eigenvalue weighted by atomic mass is 9.95. The molecule has 0 radical (unpaired) electrons. The first-order valence-corrected chi connectivity index (χ1v) is 13.9. The molecule has 6 rings (SSSR count). The minimum absolute atomic E-state index is 0.127. The summed E-state index contributed by atoms with van der Waals surface area (Å²) in [5.74, 6) is 0.696. The zero-order valence-corrected chi connectivity index (χ0v) is 23.8. The number of ether oxygens (including phenoxy) is 3. The van der Waals surface area contributed by atoms with Crippen LogP contribution in [-0.2, 0) is 9.53 Å². The van der Waals surface area contributed by atoms with Crippen molar-refractivity contribution >= 4 is 23.4 Å². The lowest BCUT2D eigenvalue weighted by Crippen LogP contribution is -2.39. The molecule has 1 atom stereocenters. The molecule has 4 aromatic rings. The van der Waals surface area contributed by atoms with Gasteiger partial charge in [0.25, 0.3) is 5.56 Å². The molecule has 0 aliphatic carbocycles. The molecule has 204 valence electrons. The molecule has 9 heteroatoms. The smallest absolute Gasteiger partial charge is 0.338 e. The highest BCUT2D eigenvalue weighted by molar-refractivity contribution is 7.07. The highest BCUT2D eigenvalue weighted by atomic mass is 32.1. The SMILES string of the molecule is CCOC(=O)C1=C(C)N=c2s/c(=C/c3cc(C)n(-c4ccc(C)cc4)c3C)c(=O)n2[C@@H]1c1ccc2c(c1)OCO2. The minimum atomic E-state index is -0.716. The van der Waals surface area contributed by atoms with Crippen LogP contribution in [0.4, 0.5) is 0 Å². The van der Waals surface area contributed by atoms with Crippen LogP contribution in [0.2, 0.25) is 0 Å². The molecule has 8 nitrogen and oxygen atoms in total. The summed E-state index contributed by atoms with van der Waals surface area (Å²) < 4.78 is 20.8. The number of benzene rings is 2. The second kappa shape index (κ2) is 9.98. The number of hydrogen-bond acceptors (Lipinski definition) is 7. The van der Waals surface area contributed by atoms with Crippen molar-refractivity contribution in [1.29, 1.82) is 0 Å². The molecule has 0 fully saturated rings. The van der Waals surface area contributed by atoms with Gasteiger partial charge >= 0.3 is 5.97 Å². The molecule has 0 saturated heterocycles. The number of carbonyl (C=O) groups is 1. The third kappa shape index (κ3) is 4.26. The Bertz CT molecular complexity index is 1880. The van der Waals surface area contributed by atoms with Crippen LogP contribution in [-0.4, -0.2) is 28.5 Å². The molecule has 40 heavy (non-hydrogen) atoms. The Morgan fingerprint density at radius 1 is 1.07 bits per heavy atom. The summed E-state index contributed by atoms with van der Waals surface area (Å²) in [6, 6.07) is 15.2. The molecule has 4 heterocycles. The van der Waals surface area contributed by atoms with Crippen LogP contribution in [0.15, 0.2) is 69.6 Å². The number of carbonyl (C=O) groups excluding carboxylic acids is 1. The first-order valence-electron chi connectivity index (χ1n) is 13.1. The van der Waals surface area contributed by atoms with Crippen molar-refractivity contribution in [2.75, 3.05) is 13.4 Å². The van der Waals surface area contributed by atoms with E-state index in [1.54, 1.807) is 24.5 Å². The highest BCUT2D eigenvalue weighted by Gasteiger charge is 2.34. The number of thiazole rings is 1. The van der Waals surface area contributed by atoms with Gasteiger partial charge in [0.2, 0.25) is 6.79 Å². The maximum absolute atomic E-state index is 14.0. The van der Waals surface area contributed by atoms with Crippen molar-refractivity contribution in [3.05, 3.63) is 108 Å². The number of aryl methyl sites for hydroxylation is 2. The molecular weight excluding hydrogens is 526 g/mol. The summed E-state index contributed by atoms with van der Waals surface area (Å²) >= 11 is 1.31. The van der Waals surface area contributed by atoms with Gasteiger partial charge in [0.15, 0.2) is 16.3 Å². The zero-order valence-electron chi connectivity index (χ0n) is 23.0. The van der Waals surface area contributed by atoms with Crippen LogP contribution in [0.1, 0.15) is 48.0 Å². The number of esters is 1. The van der Waals surface area contributed by atoms with Crippen LogP contribution in [0, 0.1) is 20.8 Å². The molecule has 2 aromatic carbocycles. The van der Waals surface area contributed by atoms with Crippen molar-refractivity contribution in [3.8, 4) is 17.2 Å². The molecule has 0 amide bonds. The Kier molecular flexibility index (Phi) is 6.46. The van der Waals surface area contributed by atoms with Gasteiger partial charge in [-0.1, -0.05) is 35.1 Å². The maximum atomic E-state index is 14.0. The van der Waals surface area contributed by atoms with E-state index in [-0.39, 0.29) is 19.0 Å². The fourth-order valence-corrected chi connectivity index (χ4v) is 6.39. The lowest BCUT2D eigenvalue weighted by Gasteiger charge is -2.24. The Hall–Kier alpha value is -4.37. The fraction of sp³-hybridized carbons (Fsp3) is 0.258. The number of allylic oxidation sites excluding steroid dienone is 1. The average molecular weight is 556 g/mol. The predicted molar refractivity (Wildman–Crippen MR) is 153 cm³/mol. The first kappa shape index (κ1) is 25.9. The molecule has 0 spiro atoms. The van der Waals surface area contributed by atoms with Gasteiger partial charge < -0.3 is 18.8 Å². The van der Waals surface area contributed by atoms with E-state index in [0.29, 0.717) is 37.7 Å². The summed E-state index contributed by atoms with van der Waals surface area (Å²) in [5, 5.41) is 0. The van der Waals surface area contributed by atoms with Crippen LogP contribution < -0.4 is 24.4 Å². The van der Waals surface area contributed by atoms with Gasteiger partial charge in [-0.05, 0) is 82.2 Å². The summed E-state index contributed by atoms with van der Waals surface area (Å²) in [6.45, 7) is 10.0. The zero-order chi connectivity index (χ0) is 28.1. The van der Waals surface area contributed by atoms with Crippen molar-refractivity contribution in [2.24, 2.45) is 4.99 Å². The van der Waals surface area contributed by atoms with Gasteiger partial charge in [-0.3, -0.25) is 9.36 Å². The summed E-state index contributed by atoms with van der Waals surface area (Å²) in [6.07, 6.45) is 1.91. The van der Waals surface area contributed by atoms with Crippen molar-refractivity contribution in [2.45, 2.75) is 40.7 Å². The van der Waals surface area contributed by atoms with E-state index in [0.717, 1.165) is 22.6 Å². The van der Waals surface area contributed by atoms with E-state index in [1.165, 1.54) is 16.9 Å². The normalized spacial score (nSPS) is 16.2. The number of nitrogens with zero attached hydrogens (tertiary/aromatic N) is 3. The number of hydrogen-bond donors (Lipinski definition) is 0. The van der Waals surface area contributed by atoms with Crippen molar-refractivity contribution in [3.63, 3.8) is 0 Å². The second-order valence-corrected chi connectivity index (χ2v) is 10.9. The van der Waals surface area contributed by atoms with Crippen LogP contribution in [0.25, 0.3) is 11.8 Å². The largest absolute Gasteiger partial charge is 0.463 e. The van der Waals surface area contributed by atoms with Gasteiger partial charge in [-0.2, -0.15) is 0 Å². The Labute approximate surface area is 235 Å². The fourth-order valence-electron chi connectivity index (χ4n) is 5.36. The molecule has 0 unspecified atom stereocenters. The summed E-state index contributed by atoms with van der Waals surface area (Å²) in [7, 11) is 0. The van der Waals surface area contributed by atoms with Crippen LogP contribution in [0.5, 0.6) is 11.5 Å². The number of aromatic nitrogens is 2. The third-order valence-electron chi connectivity index (χ3n) is 7.28. The maximum Gasteiger partial charge on any atom is 0.338 e. The monoisotopic (exact) mass is 555 g/mol. The van der Waals surface area contributed by atoms with E-state index in [1.807, 2.05) is 25.1 Å². The van der Waals surface area contributed by atoms with Crippen LogP contribution in [0.3, 0.4) is 0 Å². The van der Waals surface area contributed by atoms with Crippen molar-refractivity contribution < 1.29 is 19.0 Å². The topological polar surface area (TPSA) is 84.1 Å². The van der Waals surface area contributed by atoms with E-state index < -0.39 is 12.0 Å². The third-order valence-corrected chi connectivity index (χ3v) is 8.26. The lowest BCUT2D eigenvalue weighted by molar-refractivity contribution is -0.139. The Balaban J connectivity index is 1.52. The molecule has 2 aromatic heterocycles. The van der Waals surface area contributed by atoms with E-state index in [2.05, 4.69) is 53.7 Å². The minimum Gasteiger partial charge on any atom is -0.463 e. The van der Waals surface area contributed by atoms with E-state index >= 15 is 0 Å². The highest BCUT2D eigenvalue weighted by Crippen LogP contribution is 2.38. The predicted octanol–water partition coefficient (Wildman–Crippen LogP) is 4.24. The first-order chi connectivity index (χ1) is 19.3. The van der Waals surface area contributed by atoms with Gasteiger partial charge in [0, 0.05) is 17.1 Å². The average Bonchev–Trinajstić information content (AvgIpc) is 3.59. The van der Waals surface area contributed by atoms with Crippen molar-refractivity contribution in [1.82, 2.24) is 9.13 Å². The Morgan fingerprint density at radius 3 is 2.58 bits per heavy atom. The van der Waals surface area contributed by atoms with Gasteiger partial charge in [0.05, 0.1) is 28.5 Å². The van der Waals surface area contributed by atoms with Gasteiger partial charge in [-0.15, -0.1) is 0 Å². The standard InChI is InChI=1S/C31H29N3O5S/c1-6-37-30(36)27-19(4)32-31-34(28(27)21-9-12-24-25(14-21)39-16-38-24)29(35)26(40-31)15-22-13-18(3)33(20(22)5)23-10-7-17(2)8-11-23/h7-15,28H,6,16H2,1-5H3/b26-15+/t28-/m1/s1. The summed E-state index contributed by atoms with van der Waals surface area (Å²) in [5.41, 5.74) is 6.66. The molecule has 0 bridgehead atoms. The molecule has 0 saturated carbocycles. The van der Waals surface area contributed by atoms with Gasteiger partial charge in [0.1, 0.15) is 0 Å². The molecule has 0 N–H and O–H groups in total. The Morgan fingerprint density at radius 2 is 1.82 bits per heavy atom. The quantitative estimate of drug-likeness (QED) is 0.344. The van der Waals surface area contributed by atoms with E-state index in [4.69, 9.17) is 14.2 Å². The second-order valence-electron chi connectivity index (χ2n) is 9.91. The number of fused-ring (bicyclic) bond motifs is 2. The number of rotatable bonds is 5. The summed E-state index contributed by atoms with van der Waals surface area (Å²) in [4.78, 5) is 32.4. The molecule has 2 aliphatic heterocycles. The van der Waals surface area contributed by atoms with E-state index in [9.17, 15) is 9.59 Å². The molecular formula is C31H29N3O5S. The molecule has 2 aliphatic rings. The van der Waals surface area contributed by atoms with Crippen LogP contribution >= 0.6 is 11.3 Å². The van der Waals surface area contributed by atoms with Gasteiger partial charge in [-0.25, -0.2) is 9.79 Å².